The Labute approximate surface area is 155 Å². The number of anilines is 2. The van der Waals surface area contributed by atoms with Crippen molar-refractivity contribution in [2.24, 2.45) is 0 Å². The summed E-state index contributed by atoms with van der Waals surface area (Å²) in [6.07, 6.45) is 1.52. The van der Waals surface area contributed by atoms with Crippen molar-refractivity contribution in [2.75, 3.05) is 5.32 Å². The molecule has 0 bridgehead atoms. The Bertz CT molecular complexity index is 868. The predicted molar refractivity (Wildman–Crippen MR) is 102 cm³/mol. The zero-order valence-corrected chi connectivity index (χ0v) is 14.7. The van der Waals surface area contributed by atoms with E-state index in [1.807, 2.05) is 30.3 Å². The lowest BCUT2D eigenvalue weighted by atomic mass is 10.2. The zero-order chi connectivity index (χ0) is 17.6. The topological polar surface area (TPSA) is 54.0 Å². The molecule has 1 heterocycles. The lowest BCUT2D eigenvalue weighted by Gasteiger charge is -2.09. The molecule has 0 aliphatic rings. The van der Waals surface area contributed by atoms with Gasteiger partial charge in [0, 0.05) is 17.8 Å². The van der Waals surface area contributed by atoms with Gasteiger partial charge in [-0.1, -0.05) is 53.5 Å². The molecule has 0 aliphatic carbocycles. The molecule has 0 atom stereocenters. The van der Waals surface area contributed by atoms with Crippen molar-refractivity contribution in [3.8, 4) is 0 Å². The fourth-order valence-electron chi connectivity index (χ4n) is 2.21. The SMILES string of the molecule is O=C(NCc1ccccc1)c1ccc(Nc2ccc(Cl)cc2Cl)nc1. The van der Waals surface area contributed by atoms with Crippen LogP contribution in [0, 0.1) is 0 Å². The number of hydrogen-bond donors (Lipinski definition) is 2. The van der Waals surface area contributed by atoms with Crippen LogP contribution in [0.5, 0.6) is 0 Å². The Hall–Kier alpha value is -2.56. The number of benzene rings is 2. The minimum absolute atomic E-state index is 0.174. The van der Waals surface area contributed by atoms with Gasteiger partial charge in [-0.2, -0.15) is 0 Å². The summed E-state index contributed by atoms with van der Waals surface area (Å²) in [5.41, 5.74) is 2.23. The average molecular weight is 372 g/mol. The van der Waals surface area contributed by atoms with E-state index in [9.17, 15) is 4.79 Å². The Morgan fingerprint density at radius 1 is 1.00 bits per heavy atom. The van der Waals surface area contributed by atoms with Crippen LogP contribution in [0.2, 0.25) is 10.0 Å². The monoisotopic (exact) mass is 371 g/mol. The van der Waals surface area contributed by atoms with E-state index in [1.165, 1.54) is 6.20 Å². The maximum Gasteiger partial charge on any atom is 0.253 e. The van der Waals surface area contributed by atoms with Gasteiger partial charge in [-0.25, -0.2) is 4.98 Å². The van der Waals surface area contributed by atoms with E-state index in [-0.39, 0.29) is 5.91 Å². The first-order chi connectivity index (χ1) is 12.1. The molecule has 0 unspecified atom stereocenters. The molecule has 0 radical (unpaired) electrons. The summed E-state index contributed by atoms with van der Waals surface area (Å²) in [5, 5.41) is 7.02. The molecule has 0 saturated carbocycles. The van der Waals surface area contributed by atoms with Crippen molar-refractivity contribution in [2.45, 2.75) is 6.54 Å². The molecule has 2 N–H and O–H groups in total. The molecule has 0 fully saturated rings. The standard InChI is InChI=1S/C19H15Cl2N3O/c20-15-7-8-17(16(21)10-15)24-18-9-6-14(12-22-18)19(25)23-11-13-4-2-1-3-5-13/h1-10,12H,11H2,(H,22,24)(H,23,25). The highest BCUT2D eigenvalue weighted by molar-refractivity contribution is 6.36. The molecule has 4 nitrogen and oxygen atoms in total. The van der Waals surface area contributed by atoms with Gasteiger partial charge in [0.05, 0.1) is 16.3 Å². The van der Waals surface area contributed by atoms with Gasteiger partial charge in [-0.15, -0.1) is 0 Å². The number of amides is 1. The van der Waals surface area contributed by atoms with Crippen molar-refractivity contribution in [3.05, 3.63) is 88.0 Å². The molecule has 0 saturated heterocycles. The molecular formula is C19H15Cl2N3O. The summed E-state index contributed by atoms with van der Waals surface area (Å²) in [6.45, 7) is 0.472. The zero-order valence-electron chi connectivity index (χ0n) is 13.2. The first-order valence-electron chi connectivity index (χ1n) is 7.62. The van der Waals surface area contributed by atoms with Crippen molar-refractivity contribution in [3.63, 3.8) is 0 Å². The Balaban J connectivity index is 1.62. The molecule has 3 rings (SSSR count). The smallest absolute Gasteiger partial charge is 0.253 e. The van der Waals surface area contributed by atoms with Crippen LogP contribution in [-0.2, 0) is 6.54 Å². The second kappa shape index (κ2) is 8.01. The number of halogens is 2. The van der Waals surface area contributed by atoms with Gasteiger partial charge in [0.15, 0.2) is 0 Å². The van der Waals surface area contributed by atoms with E-state index in [2.05, 4.69) is 15.6 Å². The highest BCUT2D eigenvalue weighted by Gasteiger charge is 2.07. The van der Waals surface area contributed by atoms with Gasteiger partial charge in [0.25, 0.3) is 5.91 Å². The van der Waals surface area contributed by atoms with E-state index in [1.54, 1.807) is 30.3 Å². The first-order valence-corrected chi connectivity index (χ1v) is 8.38. The van der Waals surface area contributed by atoms with Crippen LogP contribution in [0.3, 0.4) is 0 Å². The van der Waals surface area contributed by atoms with Gasteiger partial charge in [0.2, 0.25) is 0 Å². The van der Waals surface area contributed by atoms with E-state index >= 15 is 0 Å². The number of nitrogens with one attached hydrogen (secondary N) is 2. The number of pyridine rings is 1. The largest absolute Gasteiger partial charge is 0.348 e. The number of rotatable bonds is 5. The third-order valence-corrected chi connectivity index (χ3v) is 4.06. The second-order valence-corrected chi connectivity index (χ2v) is 6.19. The Morgan fingerprint density at radius 2 is 1.80 bits per heavy atom. The molecule has 1 aromatic heterocycles. The minimum atomic E-state index is -0.174. The normalized spacial score (nSPS) is 10.3. The maximum absolute atomic E-state index is 12.2. The van der Waals surface area contributed by atoms with Crippen LogP contribution in [0.4, 0.5) is 11.5 Å². The highest BCUT2D eigenvalue weighted by atomic mass is 35.5. The van der Waals surface area contributed by atoms with Crippen LogP contribution in [0.15, 0.2) is 66.9 Å². The molecule has 0 aliphatic heterocycles. The number of hydrogen-bond acceptors (Lipinski definition) is 3. The second-order valence-electron chi connectivity index (χ2n) is 5.35. The molecule has 3 aromatic rings. The summed E-state index contributed by atoms with van der Waals surface area (Å²) in [5.74, 6) is 0.413. The lowest BCUT2D eigenvalue weighted by molar-refractivity contribution is 0.0950. The summed E-state index contributed by atoms with van der Waals surface area (Å²) in [4.78, 5) is 16.4. The van der Waals surface area contributed by atoms with E-state index in [0.717, 1.165) is 5.56 Å². The molecule has 0 spiro atoms. The van der Waals surface area contributed by atoms with Crippen molar-refractivity contribution in [1.82, 2.24) is 10.3 Å². The van der Waals surface area contributed by atoms with Crippen LogP contribution in [0.1, 0.15) is 15.9 Å². The van der Waals surface area contributed by atoms with Crippen LogP contribution >= 0.6 is 23.2 Å². The lowest BCUT2D eigenvalue weighted by Crippen LogP contribution is -2.22. The molecule has 25 heavy (non-hydrogen) atoms. The summed E-state index contributed by atoms with van der Waals surface area (Å²) >= 11 is 12.0. The Morgan fingerprint density at radius 3 is 2.48 bits per heavy atom. The third-order valence-electron chi connectivity index (χ3n) is 3.52. The quantitative estimate of drug-likeness (QED) is 0.658. The summed E-state index contributed by atoms with van der Waals surface area (Å²) in [7, 11) is 0. The maximum atomic E-state index is 12.2. The van der Waals surface area contributed by atoms with Gasteiger partial charge < -0.3 is 10.6 Å². The molecule has 126 valence electrons. The minimum Gasteiger partial charge on any atom is -0.348 e. The highest BCUT2D eigenvalue weighted by Crippen LogP contribution is 2.27. The summed E-state index contributed by atoms with van der Waals surface area (Å²) in [6, 6.07) is 18.3. The molecule has 6 heteroatoms. The molecular weight excluding hydrogens is 357 g/mol. The first kappa shape index (κ1) is 17.3. The van der Waals surface area contributed by atoms with Crippen molar-refractivity contribution < 1.29 is 4.79 Å². The van der Waals surface area contributed by atoms with Crippen molar-refractivity contribution >= 4 is 40.6 Å². The third kappa shape index (κ3) is 4.72. The van der Waals surface area contributed by atoms with Crippen LogP contribution in [0.25, 0.3) is 0 Å². The number of nitrogens with zero attached hydrogens (tertiary/aromatic N) is 1. The predicted octanol–water partition coefficient (Wildman–Crippen LogP) is 5.06. The fraction of sp³-hybridized carbons (Fsp3) is 0.0526. The van der Waals surface area contributed by atoms with Gasteiger partial charge in [-0.3, -0.25) is 4.79 Å². The van der Waals surface area contributed by atoms with E-state index < -0.39 is 0 Å². The Kier molecular flexibility index (Phi) is 5.53. The molecule has 2 aromatic carbocycles. The van der Waals surface area contributed by atoms with E-state index in [0.29, 0.717) is 33.7 Å². The van der Waals surface area contributed by atoms with Crippen molar-refractivity contribution in [1.29, 1.82) is 0 Å². The number of carbonyl (C=O) groups is 1. The number of carbonyl (C=O) groups excluding carboxylic acids is 1. The van der Waals surface area contributed by atoms with Gasteiger partial charge in [0.1, 0.15) is 5.82 Å². The fourth-order valence-corrected chi connectivity index (χ4v) is 2.67. The van der Waals surface area contributed by atoms with Gasteiger partial charge >= 0.3 is 0 Å². The summed E-state index contributed by atoms with van der Waals surface area (Å²) < 4.78 is 0. The number of aromatic nitrogens is 1. The molecule has 1 amide bonds. The van der Waals surface area contributed by atoms with Crippen LogP contribution < -0.4 is 10.6 Å². The van der Waals surface area contributed by atoms with Gasteiger partial charge in [-0.05, 0) is 35.9 Å². The average Bonchev–Trinajstić information content (AvgIpc) is 2.63. The van der Waals surface area contributed by atoms with E-state index in [4.69, 9.17) is 23.2 Å². The van der Waals surface area contributed by atoms with Crippen LogP contribution in [-0.4, -0.2) is 10.9 Å².